The normalized spacial score (nSPS) is 23.9. The lowest BCUT2D eigenvalue weighted by atomic mass is 10.1. The molecule has 15 heavy (non-hydrogen) atoms. The van der Waals surface area contributed by atoms with Crippen LogP contribution in [0.4, 0.5) is 0 Å². The highest BCUT2D eigenvalue weighted by Crippen LogP contribution is 2.11. The minimum atomic E-state index is 0.343. The summed E-state index contributed by atoms with van der Waals surface area (Å²) in [7, 11) is 2.18. The second-order valence-corrected chi connectivity index (χ2v) is 4.48. The Balaban J connectivity index is 1.93. The van der Waals surface area contributed by atoms with Gasteiger partial charge in [-0.05, 0) is 19.3 Å². The van der Waals surface area contributed by atoms with Crippen molar-refractivity contribution in [3.63, 3.8) is 0 Å². The molecule has 1 atom stereocenters. The summed E-state index contributed by atoms with van der Waals surface area (Å²) in [6.07, 6.45) is 13.2. The van der Waals surface area contributed by atoms with E-state index in [1.807, 2.05) is 12.5 Å². The first-order valence-corrected chi connectivity index (χ1v) is 5.95. The maximum Gasteiger partial charge on any atom is 0.194 e. The Morgan fingerprint density at radius 3 is 2.33 bits per heavy atom. The number of hydrogen-bond acceptors (Lipinski definition) is 2. The third kappa shape index (κ3) is 5.09. The molecule has 0 spiro atoms. The largest absolute Gasteiger partial charge is 0.396 e. The first kappa shape index (κ1) is 12.4. The molecule has 3 nitrogen and oxygen atoms in total. The second kappa shape index (κ2) is 6.75. The van der Waals surface area contributed by atoms with E-state index < -0.39 is 0 Å². The smallest absolute Gasteiger partial charge is 0.194 e. The number of aliphatic hydroxyl groups excluding tert-OH is 1. The summed E-state index contributed by atoms with van der Waals surface area (Å²) >= 11 is 0. The van der Waals surface area contributed by atoms with E-state index in [1.165, 1.54) is 32.1 Å². The van der Waals surface area contributed by atoms with Crippen LogP contribution in [0, 0.1) is 0 Å². The van der Waals surface area contributed by atoms with Gasteiger partial charge < -0.3 is 5.11 Å². The minimum absolute atomic E-state index is 0.343. The van der Waals surface area contributed by atoms with Gasteiger partial charge in [-0.25, -0.2) is 4.99 Å². The third-order valence-corrected chi connectivity index (χ3v) is 2.87. The van der Waals surface area contributed by atoms with Crippen LogP contribution in [0.3, 0.4) is 0 Å². The van der Waals surface area contributed by atoms with Crippen LogP contribution in [0.1, 0.15) is 38.5 Å². The fraction of sp³-hybridized carbons (Fsp3) is 0.750. The van der Waals surface area contributed by atoms with Crippen molar-refractivity contribution in [2.45, 2.75) is 38.5 Å². The number of aliphatic imine (C=N–C) groups is 1. The zero-order valence-corrected chi connectivity index (χ0v) is 9.73. The fourth-order valence-electron chi connectivity index (χ4n) is 1.82. The summed E-state index contributed by atoms with van der Waals surface area (Å²) in [6.45, 7) is 1.50. The molecule has 0 aromatic rings. The second-order valence-electron chi connectivity index (χ2n) is 4.48. The van der Waals surface area contributed by atoms with E-state index in [0.29, 0.717) is 6.61 Å². The van der Waals surface area contributed by atoms with Gasteiger partial charge in [-0.15, -0.1) is 0 Å². The van der Waals surface area contributed by atoms with Crippen molar-refractivity contribution in [1.29, 1.82) is 0 Å². The predicted molar refractivity (Wildman–Crippen MR) is 63.5 cm³/mol. The van der Waals surface area contributed by atoms with Gasteiger partial charge in [-0.3, -0.25) is 4.48 Å². The highest BCUT2D eigenvalue weighted by Gasteiger charge is 2.17. The summed E-state index contributed by atoms with van der Waals surface area (Å²) in [6, 6.07) is 0. The van der Waals surface area contributed by atoms with Crippen LogP contribution in [0.15, 0.2) is 17.4 Å². The maximum atomic E-state index is 8.62. The molecule has 1 unspecified atom stereocenters. The number of aliphatic hydroxyl groups is 1. The number of nitrogens with zero attached hydrogens (tertiary/aromatic N) is 2. The first-order chi connectivity index (χ1) is 7.27. The molecule has 86 valence electrons. The molecular weight excluding hydrogens is 188 g/mol. The van der Waals surface area contributed by atoms with E-state index in [1.54, 1.807) is 0 Å². The monoisotopic (exact) mass is 211 g/mol. The van der Waals surface area contributed by atoms with Gasteiger partial charge >= 0.3 is 0 Å². The summed E-state index contributed by atoms with van der Waals surface area (Å²) in [5.41, 5.74) is 0. The van der Waals surface area contributed by atoms with Gasteiger partial charge in [0.05, 0.1) is 19.8 Å². The Kier molecular flexibility index (Phi) is 5.58. The summed E-state index contributed by atoms with van der Waals surface area (Å²) < 4.78 is 0.858. The molecule has 1 heterocycles. The summed E-state index contributed by atoms with van der Waals surface area (Å²) in [5, 5.41) is 8.62. The van der Waals surface area contributed by atoms with E-state index in [-0.39, 0.29) is 0 Å². The quantitative estimate of drug-likeness (QED) is 0.485. The van der Waals surface area contributed by atoms with E-state index in [2.05, 4.69) is 18.2 Å². The van der Waals surface area contributed by atoms with Gasteiger partial charge in [0.15, 0.2) is 6.34 Å². The van der Waals surface area contributed by atoms with Crippen LogP contribution in [0.25, 0.3) is 0 Å². The average Bonchev–Trinajstić information content (AvgIpc) is 2.64. The van der Waals surface area contributed by atoms with Gasteiger partial charge in [0.2, 0.25) is 0 Å². The standard InChI is InChI=1S/C12H23N2O/c1-14(10-8-13-12-14)9-6-4-2-3-5-7-11-15/h8,10,12,15H,2-7,9,11H2,1H3/q+1. The molecule has 0 amide bonds. The summed E-state index contributed by atoms with van der Waals surface area (Å²) in [4.78, 5) is 4.11. The molecule has 1 aliphatic heterocycles. The Morgan fingerprint density at radius 1 is 1.07 bits per heavy atom. The van der Waals surface area contributed by atoms with Crippen molar-refractivity contribution in [1.82, 2.24) is 0 Å². The summed E-state index contributed by atoms with van der Waals surface area (Å²) in [5.74, 6) is 0. The molecule has 0 saturated carbocycles. The van der Waals surface area contributed by atoms with Gasteiger partial charge in [0.1, 0.15) is 6.20 Å². The van der Waals surface area contributed by atoms with E-state index in [0.717, 1.165) is 17.4 Å². The lowest BCUT2D eigenvalue weighted by molar-refractivity contribution is -0.756. The highest BCUT2D eigenvalue weighted by molar-refractivity contribution is 5.50. The minimum Gasteiger partial charge on any atom is -0.396 e. The predicted octanol–water partition coefficient (Wildman–Crippen LogP) is 2.28. The Morgan fingerprint density at radius 2 is 1.73 bits per heavy atom. The average molecular weight is 211 g/mol. The number of quaternary nitrogens is 1. The van der Waals surface area contributed by atoms with Gasteiger partial charge in [-0.1, -0.05) is 19.3 Å². The molecule has 1 aliphatic rings. The Labute approximate surface area is 92.7 Å². The van der Waals surface area contributed by atoms with E-state index in [9.17, 15) is 0 Å². The molecular formula is C12H23N2O+. The van der Waals surface area contributed by atoms with Gasteiger partial charge in [0.25, 0.3) is 0 Å². The SMILES string of the molecule is C[N+]1(CCCCCCCCO)C=CN=C1. The van der Waals surface area contributed by atoms with E-state index in [4.69, 9.17) is 5.11 Å². The topological polar surface area (TPSA) is 32.6 Å². The highest BCUT2D eigenvalue weighted by atomic mass is 16.2. The fourth-order valence-corrected chi connectivity index (χ4v) is 1.82. The van der Waals surface area contributed by atoms with Crippen LogP contribution >= 0.6 is 0 Å². The van der Waals surface area contributed by atoms with Crippen molar-refractivity contribution >= 4 is 6.34 Å². The molecule has 0 fully saturated rings. The van der Waals surface area contributed by atoms with E-state index >= 15 is 0 Å². The van der Waals surface area contributed by atoms with Gasteiger partial charge in [-0.2, -0.15) is 0 Å². The van der Waals surface area contributed by atoms with Crippen molar-refractivity contribution < 1.29 is 9.59 Å². The Hall–Kier alpha value is -0.670. The number of rotatable bonds is 8. The van der Waals surface area contributed by atoms with Crippen LogP contribution in [-0.4, -0.2) is 36.1 Å². The first-order valence-electron chi connectivity index (χ1n) is 5.95. The maximum absolute atomic E-state index is 8.62. The Bertz CT molecular complexity index is 212. The zero-order chi connectivity index (χ0) is 11.0. The van der Waals surface area contributed by atoms with Gasteiger partial charge in [0, 0.05) is 6.61 Å². The third-order valence-electron chi connectivity index (χ3n) is 2.87. The van der Waals surface area contributed by atoms with Crippen LogP contribution in [-0.2, 0) is 0 Å². The molecule has 3 heteroatoms. The molecule has 0 aromatic heterocycles. The van der Waals surface area contributed by atoms with Crippen molar-refractivity contribution in [2.75, 3.05) is 20.2 Å². The molecule has 0 radical (unpaired) electrons. The lowest BCUT2D eigenvalue weighted by Gasteiger charge is -2.21. The van der Waals surface area contributed by atoms with Crippen LogP contribution in [0.5, 0.6) is 0 Å². The van der Waals surface area contributed by atoms with Crippen molar-refractivity contribution in [3.05, 3.63) is 12.4 Å². The molecule has 0 aromatic carbocycles. The number of unbranched alkanes of at least 4 members (excludes halogenated alkanes) is 5. The number of hydrogen-bond donors (Lipinski definition) is 1. The van der Waals surface area contributed by atoms with Crippen LogP contribution in [0.2, 0.25) is 0 Å². The lowest BCUT2D eigenvalue weighted by Crippen LogP contribution is -2.35. The van der Waals surface area contributed by atoms with Crippen molar-refractivity contribution in [2.24, 2.45) is 4.99 Å². The molecule has 0 saturated heterocycles. The molecule has 0 aliphatic carbocycles. The van der Waals surface area contributed by atoms with Crippen molar-refractivity contribution in [3.8, 4) is 0 Å². The molecule has 0 bridgehead atoms. The molecule has 1 rings (SSSR count). The van der Waals surface area contributed by atoms with Crippen LogP contribution < -0.4 is 0 Å². The zero-order valence-electron chi connectivity index (χ0n) is 9.73. The molecule has 1 N–H and O–H groups in total.